The Morgan fingerprint density at radius 2 is 1.89 bits per heavy atom. The van der Waals surface area contributed by atoms with Crippen LogP contribution in [0.4, 0.5) is 5.69 Å². The minimum Gasteiger partial charge on any atom is -0.372 e. The lowest BCUT2D eigenvalue weighted by molar-refractivity contribution is -0.112. The van der Waals surface area contributed by atoms with E-state index in [1.807, 2.05) is 55.4 Å². The van der Waals surface area contributed by atoms with E-state index < -0.39 is 5.91 Å². The van der Waals surface area contributed by atoms with Gasteiger partial charge in [-0.05, 0) is 47.5 Å². The number of hydrogen-bond acceptors (Lipinski definition) is 4. The maximum absolute atomic E-state index is 12.8. The molecule has 6 heteroatoms. The largest absolute Gasteiger partial charge is 0.372 e. The van der Waals surface area contributed by atoms with E-state index in [2.05, 4.69) is 10.2 Å². The summed E-state index contributed by atoms with van der Waals surface area (Å²) in [5.41, 5.74) is 2.55. The van der Waals surface area contributed by atoms with Crippen LogP contribution in [-0.2, 0) is 4.79 Å². The molecule has 1 N–H and O–H groups in total. The highest BCUT2D eigenvalue weighted by molar-refractivity contribution is 8.03. The van der Waals surface area contributed by atoms with Crippen LogP contribution in [-0.4, -0.2) is 24.9 Å². The molecule has 0 unspecified atom stereocenters. The Labute approximate surface area is 162 Å². The summed E-state index contributed by atoms with van der Waals surface area (Å²) in [6.07, 6.45) is 1.87. The lowest BCUT2D eigenvalue weighted by Crippen LogP contribution is -2.16. The van der Waals surface area contributed by atoms with Gasteiger partial charge in [-0.1, -0.05) is 30.0 Å². The van der Waals surface area contributed by atoms with Crippen molar-refractivity contribution in [3.8, 4) is 6.07 Å². The van der Waals surface area contributed by atoms with Gasteiger partial charge in [-0.2, -0.15) is 5.26 Å². The number of allylic oxidation sites excluding steroid dienone is 2. The van der Waals surface area contributed by atoms with E-state index in [-0.39, 0.29) is 5.70 Å². The second kappa shape index (κ2) is 7.82. The number of carbonyl (C=O) groups is 1. The van der Waals surface area contributed by atoms with Gasteiger partial charge < -0.3 is 10.2 Å². The van der Waals surface area contributed by atoms with Gasteiger partial charge in [-0.3, -0.25) is 4.79 Å². The summed E-state index contributed by atoms with van der Waals surface area (Å²) in [4.78, 5) is 19.3. The minimum absolute atomic E-state index is 0.0338. The molecule has 0 fully saturated rings. The van der Waals surface area contributed by atoms with Gasteiger partial charge in [0.05, 0.1) is 23.2 Å². The number of thioether (sulfide) groups is 1. The van der Waals surface area contributed by atoms with Crippen LogP contribution in [0.5, 0.6) is 0 Å². The quantitative estimate of drug-likeness (QED) is 0.643. The maximum atomic E-state index is 12.8. The van der Waals surface area contributed by atoms with Gasteiger partial charge in [0.2, 0.25) is 0 Å². The topological polar surface area (TPSA) is 60.5 Å². The van der Waals surface area contributed by atoms with E-state index in [1.165, 1.54) is 0 Å². The summed E-state index contributed by atoms with van der Waals surface area (Å²) in [5, 5.41) is 12.6. The number of benzene rings is 2. The first-order valence-electron chi connectivity index (χ1n) is 8.13. The highest BCUT2D eigenvalue weighted by Gasteiger charge is 2.23. The van der Waals surface area contributed by atoms with Crippen molar-refractivity contribution < 1.29 is 4.79 Å². The summed E-state index contributed by atoms with van der Waals surface area (Å²) in [7, 11) is 3.86. The molecule has 2 aromatic rings. The maximum Gasteiger partial charge on any atom is 0.258 e. The zero-order chi connectivity index (χ0) is 19.4. The van der Waals surface area contributed by atoms with Crippen molar-refractivity contribution in [3.05, 3.63) is 87.9 Å². The third kappa shape index (κ3) is 3.87. The van der Waals surface area contributed by atoms with Crippen LogP contribution in [0.15, 0.2) is 70.2 Å². The zero-order valence-corrected chi connectivity index (χ0v) is 15.7. The molecule has 0 aromatic heterocycles. The number of nitrogens with one attached hydrogen (secondary N) is 1. The third-order valence-corrected chi connectivity index (χ3v) is 5.22. The van der Waals surface area contributed by atoms with Crippen molar-refractivity contribution in [2.24, 2.45) is 0 Å². The van der Waals surface area contributed by atoms with E-state index in [1.54, 1.807) is 36.0 Å². The summed E-state index contributed by atoms with van der Waals surface area (Å²) < 4.78 is 0. The van der Waals surface area contributed by atoms with E-state index in [0.717, 1.165) is 15.5 Å². The van der Waals surface area contributed by atoms with Crippen LogP contribution in [0.2, 0.25) is 0 Å². The summed E-state index contributed by atoms with van der Waals surface area (Å²) in [5.74, 6) is -0.472. The monoisotopic (exact) mass is 372 g/mol. The molecule has 0 atom stereocenters. The minimum atomic E-state index is -0.472. The van der Waals surface area contributed by atoms with E-state index >= 15 is 0 Å². The van der Waals surface area contributed by atoms with Gasteiger partial charge in [0.25, 0.3) is 11.6 Å². The first kappa shape index (κ1) is 18.3. The third-order valence-electron chi connectivity index (χ3n) is 3.95. The van der Waals surface area contributed by atoms with Crippen LogP contribution in [0.25, 0.3) is 10.4 Å². The number of nitrogens with zero attached hydrogens (tertiary/aromatic N) is 3. The standard InChI is InChI=1S/C21H16N4OS/c1-23-20(21(26)24-15-10-8-14(13-22)9-11-15)17-12-19(25(2)3)27-18-7-5-4-6-16(17)18/h4-12H,2-3H3,(H,24,26)/b20-17-. The van der Waals surface area contributed by atoms with E-state index in [0.29, 0.717) is 16.8 Å². The van der Waals surface area contributed by atoms with Gasteiger partial charge in [0, 0.05) is 24.7 Å². The molecule has 0 aliphatic carbocycles. The second-order valence-electron chi connectivity index (χ2n) is 5.99. The second-order valence-corrected chi connectivity index (χ2v) is 7.05. The summed E-state index contributed by atoms with van der Waals surface area (Å²) >= 11 is 1.60. The molecule has 3 rings (SSSR count). The molecule has 0 bridgehead atoms. The highest BCUT2D eigenvalue weighted by atomic mass is 32.2. The van der Waals surface area contributed by atoms with Crippen LogP contribution in [0, 0.1) is 17.9 Å². The number of hydrogen-bond donors (Lipinski definition) is 1. The predicted octanol–water partition coefficient (Wildman–Crippen LogP) is 4.34. The first-order chi connectivity index (χ1) is 13.0. The molecular formula is C21H16N4OS. The molecule has 0 saturated carbocycles. The van der Waals surface area contributed by atoms with Crippen LogP contribution < -0.4 is 5.32 Å². The van der Waals surface area contributed by atoms with Gasteiger partial charge in [-0.15, -0.1) is 0 Å². The Balaban J connectivity index is 2.03. The summed E-state index contributed by atoms with van der Waals surface area (Å²) in [6.45, 7) is 7.58. The van der Waals surface area contributed by atoms with Crippen molar-refractivity contribution in [2.75, 3.05) is 19.4 Å². The Kier molecular flexibility index (Phi) is 5.30. The van der Waals surface area contributed by atoms with Crippen LogP contribution in [0.3, 0.4) is 0 Å². The average Bonchev–Trinajstić information content (AvgIpc) is 2.68. The Bertz CT molecular complexity index is 1040. The van der Waals surface area contributed by atoms with Crippen molar-refractivity contribution >= 4 is 28.9 Å². The molecule has 1 aliphatic heterocycles. The Morgan fingerprint density at radius 1 is 1.19 bits per heavy atom. The molecule has 5 nitrogen and oxygen atoms in total. The van der Waals surface area contributed by atoms with Gasteiger partial charge in [-0.25, -0.2) is 4.85 Å². The lowest BCUT2D eigenvalue weighted by Gasteiger charge is -2.24. The molecular weight excluding hydrogens is 356 g/mol. The number of carbonyl (C=O) groups excluding carboxylic acids is 1. The molecule has 0 radical (unpaired) electrons. The first-order valence-corrected chi connectivity index (χ1v) is 8.94. The fourth-order valence-electron chi connectivity index (χ4n) is 2.59. The van der Waals surface area contributed by atoms with Crippen molar-refractivity contribution in [1.29, 1.82) is 5.26 Å². The molecule has 1 amide bonds. The highest BCUT2D eigenvalue weighted by Crippen LogP contribution is 2.42. The van der Waals surface area contributed by atoms with Gasteiger partial charge in [0.15, 0.2) is 0 Å². The molecule has 2 aromatic carbocycles. The fourth-order valence-corrected chi connectivity index (χ4v) is 3.61. The molecule has 132 valence electrons. The molecule has 1 aliphatic rings. The normalized spacial score (nSPS) is 14.1. The number of amides is 1. The SMILES string of the molecule is [C-]#[N+]/C(C(=O)Nc1ccc(C#N)cc1)=C1/C=C(N(C)C)Sc2ccccc21. The number of fused-ring (bicyclic) bond motifs is 1. The number of rotatable bonds is 3. The lowest BCUT2D eigenvalue weighted by atomic mass is 10.0. The zero-order valence-electron chi connectivity index (χ0n) is 14.9. The van der Waals surface area contributed by atoms with Gasteiger partial charge in [0.1, 0.15) is 0 Å². The number of anilines is 1. The van der Waals surface area contributed by atoms with Gasteiger partial charge >= 0.3 is 0 Å². The van der Waals surface area contributed by atoms with Crippen LogP contribution in [0.1, 0.15) is 11.1 Å². The number of nitriles is 1. The Morgan fingerprint density at radius 3 is 2.52 bits per heavy atom. The molecule has 0 spiro atoms. The molecule has 27 heavy (non-hydrogen) atoms. The average molecular weight is 372 g/mol. The van der Waals surface area contributed by atoms with E-state index in [9.17, 15) is 4.79 Å². The van der Waals surface area contributed by atoms with Crippen molar-refractivity contribution in [1.82, 2.24) is 4.90 Å². The molecule has 1 heterocycles. The molecule has 0 saturated heterocycles. The fraction of sp³-hybridized carbons (Fsp3) is 0.0952. The van der Waals surface area contributed by atoms with E-state index in [4.69, 9.17) is 11.8 Å². The smallest absolute Gasteiger partial charge is 0.258 e. The van der Waals surface area contributed by atoms with Crippen molar-refractivity contribution in [3.63, 3.8) is 0 Å². The summed E-state index contributed by atoms with van der Waals surface area (Å²) in [6, 6.07) is 16.3. The Hall–Kier alpha value is -3.48. The van der Waals surface area contributed by atoms with Crippen LogP contribution >= 0.6 is 11.8 Å². The predicted molar refractivity (Wildman–Crippen MR) is 107 cm³/mol. The van der Waals surface area contributed by atoms with Crippen molar-refractivity contribution in [2.45, 2.75) is 4.90 Å².